The van der Waals surface area contributed by atoms with E-state index in [9.17, 15) is 0 Å². The van der Waals surface area contributed by atoms with Gasteiger partial charge in [0.15, 0.2) is 0 Å². The monoisotopic (exact) mass is 197 g/mol. The summed E-state index contributed by atoms with van der Waals surface area (Å²) in [6.45, 7) is 2.13. The lowest BCUT2D eigenvalue weighted by atomic mass is 10.00. The highest BCUT2D eigenvalue weighted by Crippen LogP contribution is 2.43. The van der Waals surface area contributed by atoms with Crippen molar-refractivity contribution in [3.63, 3.8) is 0 Å². The molecular formula is C14H15N. The second-order valence-corrected chi connectivity index (χ2v) is 4.72. The molecule has 1 aliphatic rings. The molecule has 2 N–H and O–H groups in total. The number of benzene rings is 2. The van der Waals surface area contributed by atoms with Gasteiger partial charge in [0.25, 0.3) is 0 Å². The van der Waals surface area contributed by atoms with Gasteiger partial charge < -0.3 is 5.73 Å². The fourth-order valence-corrected chi connectivity index (χ4v) is 2.10. The summed E-state index contributed by atoms with van der Waals surface area (Å²) >= 11 is 0. The minimum Gasteiger partial charge on any atom is -0.321 e. The molecule has 0 bridgehead atoms. The van der Waals surface area contributed by atoms with Gasteiger partial charge in [-0.15, -0.1) is 0 Å². The van der Waals surface area contributed by atoms with E-state index < -0.39 is 0 Å². The Labute approximate surface area is 89.9 Å². The molecule has 76 valence electrons. The second-order valence-electron chi connectivity index (χ2n) is 4.72. The van der Waals surface area contributed by atoms with Gasteiger partial charge in [0, 0.05) is 5.54 Å². The average molecular weight is 197 g/mol. The maximum absolute atomic E-state index is 6.20. The van der Waals surface area contributed by atoms with E-state index in [2.05, 4.69) is 43.3 Å². The molecule has 1 heteroatoms. The molecule has 1 saturated carbocycles. The Balaban J connectivity index is 2.20. The fourth-order valence-electron chi connectivity index (χ4n) is 2.10. The van der Waals surface area contributed by atoms with Crippen molar-refractivity contribution in [2.24, 2.45) is 5.73 Å². The molecule has 3 rings (SSSR count). The van der Waals surface area contributed by atoms with Crippen LogP contribution in [0.15, 0.2) is 36.4 Å². The van der Waals surface area contributed by atoms with Crippen LogP contribution in [0.25, 0.3) is 10.8 Å². The van der Waals surface area contributed by atoms with Gasteiger partial charge in [-0.05, 0) is 42.2 Å². The van der Waals surface area contributed by atoms with Crippen molar-refractivity contribution in [1.29, 1.82) is 0 Å². The Kier molecular flexibility index (Phi) is 1.68. The van der Waals surface area contributed by atoms with Crippen LogP contribution in [0.5, 0.6) is 0 Å². The molecule has 1 nitrogen and oxygen atoms in total. The van der Waals surface area contributed by atoms with E-state index >= 15 is 0 Å². The number of fused-ring (bicyclic) bond motifs is 1. The van der Waals surface area contributed by atoms with E-state index in [0.29, 0.717) is 0 Å². The van der Waals surface area contributed by atoms with Crippen LogP contribution in [0, 0.1) is 6.92 Å². The largest absolute Gasteiger partial charge is 0.321 e. The van der Waals surface area contributed by atoms with Crippen LogP contribution in [0.2, 0.25) is 0 Å². The van der Waals surface area contributed by atoms with Gasteiger partial charge >= 0.3 is 0 Å². The molecule has 0 saturated heterocycles. The standard InChI is InChI=1S/C14H15N/c1-10-2-3-11-4-5-13(9-12(11)8-10)14(15)6-7-14/h2-5,8-9H,6-7,15H2,1H3. The summed E-state index contributed by atoms with van der Waals surface area (Å²) in [5.74, 6) is 0. The van der Waals surface area contributed by atoms with E-state index in [1.165, 1.54) is 21.9 Å². The Hall–Kier alpha value is -1.34. The number of rotatable bonds is 1. The lowest BCUT2D eigenvalue weighted by Gasteiger charge is -2.10. The number of nitrogens with two attached hydrogens (primary N) is 1. The van der Waals surface area contributed by atoms with Gasteiger partial charge in [-0.3, -0.25) is 0 Å². The molecule has 0 aliphatic heterocycles. The Morgan fingerprint density at radius 3 is 2.47 bits per heavy atom. The Bertz CT molecular complexity index is 524. The summed E-state index contributed by atoms with van der Waals surface area (Å²) in [6.07, 6.45) is 2.26. The summed E-state index contributed by atoms with van der Waals surface area (Å²) in [7, 11) is 0. The van der Waals surface area contributed by atoms with Crippen LogP contribution in [0.1, 0.15) is 24.0 Å². The van der Waals surface area contributed by atoms with Crippen LogP contribution in [0.4, 0.5) is 0 Å². The highest BCUT2D eigenvalue weighted by Gasteiger charge is 2.39. The summed E-state index contributed by atoms with van der Waals surface area (Å²) in [5.41, 5.74) is 8.78. The third-order valence-corrected chi connectivity index (χ3v) is 3.36. The van der Waals surface area contributed by atoms with E-state index in [-0.39, 0.29) is 5.54 Å². The molecule has 15 heavy (non-hydrogen) atoms. The molecule has 0 amide bonds. The Morgan fingerprint density at radius 2 is 1.73 bits per heavy atom. The maximum atomic E-state index is 6.20. The van der Waals surface area contributed by atoms with Gasteiger partial charge in [0.05, 0.1) is 0 Å². The van der Waals surface area contributed by atoms with Crippen molar-refractivity contribution in [1.82, 2.24) is 0 Å². The summed E-state index contributed by atoms with van der Waals surface area (Å²) in [5, 5.41) is 2.61. The lowest BCUT2D eigenvalue weighted by Crippen LogP contribution is -2.18. The van der Waals surface area contributed by atoms with E-state index in [1.54, 1.807) is 0 Å². The molecular weight excluding hydrogens is 182 g/mol. The van der Waals surface area contributed by atoms with E-state index in [0.717, 1.165) is 12.8 Å². The molecule has 0 atom stereocenters. The van der Waals surface area contributed by atoms with Gasteiger partial charge in [-0.2, -0.15) is 0 Å². The van der Waals surface area contributed by atoms with Crippen LogP contribution in [-0.4, -0.2) is 0 Å². The molecule has 2 aromatic carbocycles. The molecule has 0 spiro atoms. The lowest BCUT2D eigenvalue weighted by molar-refractivity contribution is 0.741. The van der Waals surface area contributed by atoms with Gasteiger partial charge in [0.1, 0.15) is 0 Å². The second kappa shape index (κ2) is 2.83. The summed E-state index contributed by atoms with van der Waals surface area (Å²) < 4.78 is 0. The van der Waals surface area contributed by atoms with Crippen molar-refractivity contribution in [2.45, 2.75) is 25.3 Å². The zero-order valence-electron chi connectivity index (χ0n) is 8.96. The third-order valence-electron chi connectivity index (χ3n) is 3.36. The molecule has 2 aromatic rings. The molecule has 0 radical (unpaired) electrons. The third kappa shape index (κ3) is 1.44. The predicted octanol–water partition coefficient (Wildman–Crippen LogP) is 3.10. The van der Waals surface area contributed by atoms with Crippen molar-refractivity contribution in [3.05, 3.63) is 47.5 Å². The first-order chi connectivity index (χ1) is 7.17. The minimum absolute atomic E-state index is 0.0159. The number of aryl methyl sites for hydroxylation is 1. The summed E-state index contributed by atoms with van der Waals surface area (Å²) in [6, 6.07) is 13.1. The van der Waals surface area contributed by atoms with Crippen molar-refractivity contribution in [2.75, 3.05) is 0 Å². The normalized spacial score (nSPS) is 18.0. The maximum Gasteiger partial charge on any atom is 0.0411 e. The van der Waals surface area contributed by atoms with Gasteiger partial charge in [-0.25, -0.2) is 0 Å². The highest BCUT2D eigenvalue weighted by molar-refractivity contribution is 5.84. The van der Waals surface area contributed by atoms with Gasteiger partial charge in [0.2, 0.25) is 0 Å². The first kappa shape index (κ1) is 8.93. The van der Waals surface area contributed by atoms with Crippen LogP contribution < -0.4 is 5.73 Å². The topological polar surface area (TPSA) is 26.0 Å². The molecule has 0 aromatic heterocycles. The van der Waals surface area contributed by atoms with E-state index in [1.807, 2.05) is 0 Å². The minimum atomic E-state index is -0.0159. The quantitative estimate of drug-likeness (QED) is 0.747. The highest BCUT2D eigenvalue weighted by atomic mass is 14.8. The van der Waals surface area contributed by atoms with Crippen LogP contribution in [0.3, 0.4) is 0 Å². The van der Waals surface area contributed by atoms with Crippen molar-refractivity contribution in [3.8, 4) is 0 Å². The average Bonchev–Trinajstić information content (AvgIpc) is 2.97. The Morgan fingerprint density at radius 1 is 1.00 bits per heavy atom. The predicted molar refractivity (Wildman–Crippen MR) is 63.8 cm³/mol. The molecule has 0 heterocycles. The van der Waals surface area contributed by atoms with E-state index in [4.69, 9.17) is 5.73 Å². The van der Waals surface area contributed by atoms with Gasteiger partial charge in [-0.1, -0.05) is 35.9 Å². The number of hydrogen-bond acceptors (Lipinski definition) is 1. The van der Waals surface area contributed by atoms with Crippen molar-refractivity contribution >= 4 is 10.8 Å². The molecule has 1 fully saturated rings. The van der Waals surface area contributed by atoms with Crippen LogP contribution in [-0.2, 0) is 5.54 Å². The fraction of sp³-hybridized carbons (Fsp3) is 0.286. The first-order valence-corrected chi connectivity index (χ1v) is 5.47. The summed E-state index contributed by atoms with van der Waals surface area (Å²) in [4.78, 5) is 0. The molecule has 1 aliphatic carbocycles. The number of hydrogen-bond donors (Lipinski definition) is 1. The first-order valence-electron chi connectivity index (χ1n) is 5.47. The smallest absolute Gasteiger partial charge is 0.0411 e. The van der Waals surface area contributed by atoms with Crippen LogP contribution >= 0.6 is 0 Å². The zero-order valence-corrected chi connectivity index (χ0v) is 8.96. The zero-order chi connectivity index (χ0) is 10.5. The SMILES string of the molecule is Cc1ccc2ccc(C3(N)CC3)cc2c1. The van der Waals surface area contributed by atoms with Crippen molar-refractivity contribution < 1.29 is 0 Å². The molecule has 0 unspecified atom stereocenters.